The molecule has 0 aliphatic rings. The number of hydrogen-bond acceptors (Lipinski definition) is 2. The minimum Gasteiger partial charge on any atom is -0.207 e. The van der Waals surface area contributed by atoms with Gasteiger partial charge in [-0.1, -0.05) is 37.9 Å². The molecule has 0 saturated heterocycles. The summed E-state index contributed by atoms with van der Waals surface area (Å²) in [4.78, 5) is 0.339. The number of nitrogens with one attached hydrogen (secondary N) is 1. The van der Waals surface area contributed by atoms with E-state index in [1.165, 1.54) is 0 Å². The maximum Gasteiger partial charge on any atom is 0.241 e. The van der Waals surface area contributed by atoms with Crippen molar-refractivity contribution in [1.82, 2.24) is 4.72 Å². The molecule has 0 spiro atoms. The Balaban J connectivity index is 3.26. The third-order valence-corrected chi connectivity index (χ3v) is 4.85. The van der Waals surface area contributed by atoms with Crippen LogP contribution < -0.4 is 4.72 Å². The zero-order chi connectivity index (χ0) is 14.0. The molecule has 0 aromatic heterocycles. The highest BCUT2D eigenvalue weighted by atomic mass is 79.9. The summed E-state index contributed by atoms with van der Waals surface area (Å²) < 4.78 is 28.1. The lowest BCUT2D eigenvalue weighted by Gasteiger charge is -2.21. The van der Waals surface area contributed by atoms with Crippen LogP contribution in [0.2, 0.25) is 0 Å². The zero-order valence-electron chi connectivity index (χ0n) is 10.6. The molecular weight excluding hydrogens is 382 g/mol. The van der Waals surface area contributed by atoms with Crippen LogP contribution in [0.5, 0.6) is 0 Å². The highest BCUT2D eigenvalue weighted by Crippen LogP contribution is 2.23. The van der Waals surface area contributed by atoms with E-state index in [2.05, 4.69) is 36.6 Å². The van der Waals surface area contributed by atoms with Gasteiger partial charge in [0, 0.05) is 15.3 Å². The Bertz CT molecular complexity index is 521. The van der Waals surface area contributed by atoms with Crippen molar-refractivity contribution in [3.8, 4) is 0 Å². The second-order valence-electron chi connectivity index (χ2n) is 5.05. The van der Waals surface area contributed by atoms with Gasteiger partial charge in [0.1, 0.15) is 0 Å². The molecule has 0 atom stereocenters. The molecule has 0 heterocycles. The molecule has 0 aliphatic heterocycles. The van der Waals surface area contributed by atoms with Gasteiger partial charge in [0.05, 0.1) is 4.90 Å². The van der Waals surface area contributed by atoms with Crippen molar-refractivity contribution in [1.29, 1.82) is 0 Å². The molecule has 0 aliphatic carbocycles. The highest BCUT2D eigenvalue weighted by Gasteiger charge is 2.24. The van der Waals surface area contributed by atoms with Gasteiger partial charge in [-0.05, 0) is 44.9 Å². The van der Waals surface area contributed by atoms with Crippen LogP contribution >= 0.6 is 31.9 Å². The normalized spacial score (nSPS) is 12.7. The van der Waals surface area contributed by atoms with E-state index in [1.54, 1.807) is 6.07 Å². The minimum atomic E-state index is -3.49. The van der Waals surface area contributed by atoms with Crippen LogP contribution in [-0.2, 0) is 16.4 Å². The minimum absolute atomic E-state index is 0.339. The molecule has 1 N–H and O–H groups in total. The summed E-state index contributed by atoms with van der Waals surface area (Å²) >= 11 is 6.66. The van der Waals surface area contributed by atoms with Gasteiger partial charge >= 0.3 is 0 Å². The van der Waals surface area contributed by atoms with Crippen molar-refractivity contribution < 1.29 is 8.42 Å². The standard InChI is InChI=1S/C12H17Br2NO2S/c1-12(2,3)15-18(16,17)11-8-10(14)5-4-9(11)6-7-13/h4-5,8,15H,6-7H2,1-3H3. The molecule has 0 radical (unpaired) electrons. The Morgan fingerprint density at radius 2 is 1.89 bits per heavy atom. The van der Waals surface area contributed by atoms with Crippen molar-refractivity contribution in [2.24, 2.45) is 0 Å². The summed E-state index contributed by atoms with van der Waals surface area (Å²) in [5, 5.41) is 0.729. The second-order valence-corrected chi connectivity index (χ2v) is 8.41. The van der Waals surface area contributed by atoms with Gasteiger partial charge < -0.3 is 0 Å². The lowest BCUT2D eigenvalue weighted by molar-refractivity contribution is 0.491. The van der Waals surface area contributed by atoms with E-state index in [9.17, 15) is 8.42 Å². The molecule has 0 amide bonds. The number of hydrogen-bond donors (Lipinski definition) is 1. The Hall–Kier alpha value is 0.0900. The van der Waals surface area contributed by atoms with Gasteiger partial charge in [-0.2, -0.15) is 0 Å². The molecular formula is C12H17Br2NO2S. The third-order valence-electron chi connectivity index (χ3n) is 2.12. The fourth-order valence-corrected chi connectivity index (χ4v) is 4.20. The predicted molar refractivity (Wildman–Crippen MR) is 81.7 cm³/mol. The van der Waals surface area contributed by atoms with E-state index in [0.717, 1.165) is 15.4 Å². The van der Waals surface area contributed by atoms with Gasteiger partial charge in [0.25, 0.3) is 0 Å². The number of benzene rings is 1. The van der Waals surface area contributed by atoms with Crippen molar-refractivity contribution >= 4 is 41.9 Å². The zero-order valence-corrected chi connectivity index (χ0v) is 14.6. The van der Waals surface area contributed by atoms with Crippen molar-refractivity contribution in [3.63, 3.8) is 0 Å². The first-order chi connectivity index (χ1) is 8.15. The Morgan fingerprint density at radius 3 is 2.39 bits per heavy atom. The summed E-state index contributed by atoms with van der Waals surface area (Å²) in [6.45, 7) is 5.48. The van der Waals surface area contributed by atoms with E-state index in [-0.39, 0.29) is 0 Å². The van der Waals surface area contributed by atoms with Crippen molar-refractivity contribution in [2.45, 2.75) is 37.6 Å². The van der Waals surface area contributed by atoms with Crippen molar-refractivity contribution in [3.05, 3.63) is 28.2 Å². The van der Waals surface area contributed by atoms with Crippen LogP contribution in [0.3, 0.4) is 0 Å². The molecule has 102 valence electrons. The molecule has 0 fully saturated rings. The van der Waals surface area contributed by atoms with Gasteiger partial charge in [0.2, 0.25) is 10.0 Å². The number of halogens is 2. The molecule has 6 heteroatoms. The van der Waals surface area contributed by atoms with Crippen LogP contribution in [0.25, 0.3) is 0 Å². The number of sulfonamides is 1. The Labute approximate surface area is 126 Å². The molecule has 18 heavy (non-hydrogen) atoms. The second kappa shape index (κ2) is 6.03. The summed E-state index contributed by atoms with van der Waals surface area (Å²) in [6.07, 6.45) is 0.674. The molecule has 1 rings (SSSR count). The topological polar surface area (TPSA) is 46.2 Å². The number of rotatable bonds is 4. The average molecular weight is 399 g/mol. The summed E-state index contributed by atoms with van der Waals surface area (Å²) in [5.74, 6) is 0. The molecule has 1 aromatic carbocycles. The SMILES string of the molecule is CC(C)(C)NS(=O)(=O)c1cc(Br)ccc1CCBr. The lowest BCUT2D eigenvalue weighted by atomic mass is 10.1. The van der Waals surface area contributed by atoms with Crippen LogP contribution in [0, 0.1) is 0 Å². The predicted octanol–water partition coefficient (Wildman–Crippen LogP) is 3.46. The maximum atomic E-state index is 12.3. The molecule has 3 nitrogen and oxygen atoms in total. The Morgan fingerprint density at radius 1 is 1.28 bits per heavy atom. The quantitative estimate of drug-likeness (QED) is 0.789. The van der Waals surface area contributed by atoms with Crippen LogP contribution in [0.15, 0.2) is 27.6 Å². The van der Waals surface area contributed by atoms with Gasteiger partial charge in [-0.15, -0.1) is 0 Å². The van der Waals surface area contributed by atoms with Crippen LogP contribution in [0.4, 0.5) is 0 Å². The van der Waals surface area contributed by atoms with Gasteiger partial charge in [-0.3, -0.25) is 0 Å². The number of aryl methyl sites for hydroxylation is 1. The maximum absolute atomic E-state index is 12.3. The average Bonchev–Trinajstić information content (AvgIpc) is 2.17. The van der Waals surface area contributed by atoms with Crippen LogP contribution in [0.1, 0.15) is 26.3 Å². The van der Waals surface area contributed by atoms with E-state index < -0.39 is 15.6 Å². The largest absolute Gasteiger partial charge is 0.241 e. The number of alkyl halides is 1. The molecule has 0 unspecified atom stereocenters. The van der Waals surface area contributed by atoms with E-state index in [4.69, 9.17) is 0 Å². The summed E-state index contributed by atoms with van der Waals surface area (Å²) in [6, 6.07) is 5.34. The van der Waals surface area contributed by atoms with E-state index >= 15 is 0 Å². The summed E-state index contributed by atoms with van der Waals surface area (Å²) in [5.41, 5.74) is 0.319. The first-order valence-electron chi connectivity index (χ1n) is 5.54. The Kier molecular flexibility index (Phi) is 5.41. The first-order valence-corrected chi connectivity index (χ1v) is 8.94. The fraction of sp³-hybridized carbons (Fsp3) is 0.500. The molecule has 0 bridgehead atoms. The third kappa shape index (κ3) is 4.64. The van der Waals surface area contributed by atoms with Gasteiger partial charge in [0.15, 0.2) is 0 Å². The summed E-state index contributed by atoms with van der Waals surface area (Å²) in [7, 11) is -3.49. The van der Waals surface area contributed by atoms with Gasteiger partial charge in [-0.25, -0.2) is 13.1 Å². The van der Waals surface area contributed by atoms with E-state index in [1.807, 2.05) is 32.9 Å². The first kappa shape index (κ1) is 16.1. The van der Waals surface area contributed by atoms with Crippen molar-refractivity contribution in [2.75, 3.05) is 5.33 Å². The fourth-order valence-electron chi connectivity index (χ4n) is 1.54. The lowest BCUT2D eigenvalue weighted by Crippen LogP contribution is -2.40. The smallest absolute Gasteiger partial charge is 0.207 e. The van der Waals surface area contributed by atoms with E-state index in [0.29, 0.717) is 11.3 Å². The highest BCUT2D eigenvalue weighted by molar-refractivity contribution is 9.10. The van der Waals surface area contributed by atoms with Crippen LogP contribution in [-0.4, -0.2) is 19.3 Å². The molecule has 0 saturated carbocycles. The molecule has 1 aromatic rings. The monoisotopic (exact) mass is 397 g/mol.